The minimum atomic E-state index is -0.860. The molecule has 0 aromatic rings. The summed E-state index contributed by atoms with van der Waals surface area (Å²) in [6.07, 6.45) is 0.0411. The minimum Gasteiger partial charge on any atom is -0.481 e. The van der Waals surface area contributed by atoms with Gasteiger partial charge in [0, 0.05) is 19.1 Å². The van der Waals surface area contributed by atoms with E-state index in [4.69, 9.17) is 5.11 Å². The molecule has 0 aromatic heterocycles. The first-order chi connectivity index (χ1) is 9.19. The highest BCUT2D eigenvalue weighted by molar-refractivity contribution is 6.06. The Balaban J connectivity index is 2.59. The summed E-state index contributed by atoms with van der Waals surface area (Å²) >= 11 is 0. The lowest BCUT2D eigenvalue weighted by Gasteiger charge is -2.28. The van der Waals surface area contributed by atoms with Crippen molar-refractivity contribution < 1.29 is 19.5 Å². The second-order valence-corrected chi connectivity index (χ2v) is 5.59. The van der Waals surface area contributed by atoms with Crippen LogP contribution in [0.15, 0.2) is 0 Å². The number of nitrogens with zero attached hydrogens (tertiary/aromatic N) is 2. The van der Waals surface area contributed by atoms with Gasteiger partial charge in [-0.25, -0.2) is 4.79 Å². The van der Waals surface area contributed by atoms with Crippen molar-refractivity contribution >= 4 is 17.9 Å². The Morgan fingerprint density at radius 1 is 1.45 bits per heavy atom. The largest absolute Gasteiger partial charge is 0.481 e. The Morgan fingerprint density at radius 2 is 2.05 bits per heavy atom. The summed E-state index contributed by atoms with van der Waals surface area (Å²) in [7, 11) is 0. The Morgan fingerprint density at radius 3 is 2.45 bits per heavy atom. The van der Waals surface area contributed by atoms with Crippen LogP contribution in [0, 0.1) is 0 Å². The van der Waals surface area contributed by atoms with Gasteiger partial charge in [0.1, 0.15) is 5.54 Å². The smallest absolute Gasteiger partial charge is 0.325 e. The van der Waals surface area contributed by atoms with E-state index in [0.29, 0.717) is 13.1 Å². The molecule has 0 bridgehead atoms. The first kappa shape index (κ1) is 16.4. The van der Waals surface area contributed by atoms with Crippen LogP contribution in [0.1, 0.15) is 34.1 Å². The Hall–Kier alpha value is -1.63. The standard InChI is InChI=1S/C13H23N3O4/c1-5-15(9(2)8-10(17)18)6-7-16-11(19)13(3,4)14-12(16)20/h9H,5-8H2,1-4H3,(H,14,20)(H,17,18). The maximum absolute atomic E-state index is 12.0. The first-order valence-electron chi connectivity index (χ1n) is 6.79. The molecule has 1 atom stereocenters. The molecule has 20 heavy (non-hydrogen) atoms. The van der Waals surface area contributed by atoms with Crippen LogP contribution < -0.4 is 5.32 Å². The predicted molar refractivity (Wildman–Crippen MR) is 73.3 cm³/mol. The van der Waals surface area contributed by atoms with Crippen molar-refractivity contribution in [3.8, 4) is 0 Å². The number of carboxylic acids is 1. The van der Waals surface area contributed by atoms with Gasteiger partial charge in [-0.05, 0) is 27.3 Å². The number of carbonyl (C=O) groups excluding carboxylic acids is 2. The molecular formula is C13H23N3O4. The number of imide groups is 1. The summed E-state index contributed by atoms with van der Waals surface area (Å²) in [6, 6.07) is -0.520. The van der Waals surface area contributed by atoms with E-state index in [1.807, 2.05) is 18.7 Å². The number of hydrogen-bond donors (Lipinski definition) is 2. The molecule has 0 aromatic carbocycles. The number of amides is 3. The molecule has 0 radical (unpaired) electrons. The van der Waals surface area contributed by atoms with Gasteiger partial charge in [0.05, 0.1) is 6.42 Å². The minimum absolute atomic E-state index is 0.0411. The van der Waals surface area contributed by atoms with Gasteiger partial charge >= 0.3 is 12.0 Å². The van der Waals surface area contributed by atoms with Crippen molar-refractivity contribution in [1.82, 2.24) is 15.1 Å². The molecule has 7 heteroatoms. The molecule has 1 heterocycles. The number of carboxylic acid groups (broad SMARTS) is 1. The van der Waals surface area contributed by atoms with Gasteiger partial charge in [-0.15, -0.1) is 0 Å². The number of nitrogens with one attached hydrogen (secondary N) is 1. The fourth-order valence-electron chi connectivity index (χ4n) is 2.32. The number of rotatable bonds is 7. The van der Waals surface area contributed by atoms with E-state index in [9.17, 15) is 14.4 Å². The van der Waals surface area contributed by atoms with E-state index in [1.165, 1.54) is 4.90 Å². The van der Waals surface area contributed by atoms with E-state index in [0.717, 1.165) is 0 Å². The molecular weight excluding hydrogens is 262 g/mol. The van der Waals surface area contributed by atoms with Crippen LogP contribution in [0.3, 0.4) is 0 Å². The second-order valence-electron chi connectivity index (χ2n) is 5.59. The average Bonchev–Trinajstić information content (AvgIpc) is 2.50. The summed E-state index contributed by atoms with van der Waals surface area (Å²) in [5, 5.41) is 11.4. The average molecular weight is 285 g/mol. The maximum atomic E-state index is 12.0. The van der Waals surface area contributed by atoms with Crippen molar-refractivity contribution in [3.63, 3.8) is 0 Å². The molecule has 1 aliphatic heterocycles. The van der Waals surface area contributed by atoms with E-state index >= 15 is 0 Å². The SMILES string of the molecule is CCN(CCN1C(=O)NC(C)(C)C1=O)C(C)CC(=O)O. The molecule has 7 nitrogen and oxygen atoms in total. The van der Waals surface area contributed by atoms with Gasteiger partial charge in [-0.3, -0.25) is 19.4 Å². The number of aliphatic carboxylic acids is 1. The number of hydrogen-bond acceptors (Lipinski definition) is 4. The van der Waals surface area contributed by atoms with Crippen LogP contribution in [0.4, 0.5) is 4.79 Å². The van der Waals surface area contributed by atoms with E-state index < -0.39 is 11.5 Å². The van der Waals surface area contributed by atoms with Gasteiger partial charge < -0.3 is 10.4 Å². The second kappa shape index (κ2) is 6.21. The zero-order valence-corrected chi connectivity index (χ0v) is 12.5. The third kappa shape index (κ3) is 3.69. The van der Waals surface area contributed by atoms with Crippen LogP contribution in [-0.2, 0) is 9.59 Å². The van der Waals surface area contributed by atoms with Crippen LogP contribution >= 0.6 is 0 Å². The number of carbonyl (C=O) groups is 3. The third-order valence-corrected chi connectivity index (χ3v) is 3.55. The first-order valence-corrected chi connectivity index (χ1v) is 6.79. The van der Waals surface area contributed by atoms with E-state index in [1.54, 1.807) is 13.8 Å². The Labute approximate surface area is 118 Å². The van der Waals surface area contributed by atoms with Crippen LogP contribution in [-0.4, -0.2) is 64.0 Å². The van der Waals surface area contributed by atoms with Crippen molar-refractivity contribution in [2.45, 2.75) is 45.7 Å². The Kier molecular flexibility index (Phi) is 5.10. The Bertz CT molecular complexity index is 408. The molecule has 1 rings (SSSR count). The summed E-state index contributed by atoms with van der Waals surface area (Å²) < 4.78 is 0. The summed E-state index contributed by atoms with van der Waals surface area (Å²) in [4.78, 5) is 37.6. The highest BCUT2D eigenvalue weighted by atomic mass is 16.4. The fourth-order valence-corrected chi connectivity index (χ4v) is 2.32. The van der Waals surface area contributed by atoms with Crippen molar-refractivity contribution in [2.75, 3.05) is 19.6 Å². The van der Waals surface area contributed by atoms with Gasteiger partial charge in [-0.1, -0.05) is 6.92 Å². The molecule has 1 fully saturated rings. The molecule has 1 aliphatic rings. The van der Waals surface area contributed by atoms with E-state index in [2.05, 4.69) is 5.32 Å². The molecule has 0 spiro atoms. The lowest BCUT2D eigenvalue weighted by atomic mass is 10.1. The molecule has 114 valence electrons. The topological polar surface area (TPSA) is 90.0 Å². The van der Waals surface area contributed by atoms with Crippen molar-refractivity contribution in [1.29, 1.82) is 0 Å². The van der Waals surface area contributed by atoms with Gasteiger partial charge in [0.15, 0.2) is 0 Å². The zero-order valence-electron chi connectivity index (χ0n) is 12.5. The highest BCUT2D eigenvalue weighted by Crippen LogP contribution is 2.16. The molecule has 0 aliphatic carbocycles. The molecule has 0 saturated carbocycles. The summed E-state index contributed by atoms with van der Waals surface area (Å²) in [5.41, 5.74) is -0.860. The van der Waals surface area contributed by atoms with Crippen molar-refractivity contribution in [3.05, 3.63) is 0 Å². The number of likely N-dealkylation sites (N-methyl/N-ethyl adjacent to an activating group) is 1. The van der Waals surface area contributed by atoms with Gasteiger partial charge in [-0.2, -0.15) is 0 Å². The quantitative estimate of drug-likeness (QED) is 0.665. The van der Waals surface area contributed by atoms with Crippen LogP contribution in [0.5, 0.6) is 0 Å². The third-order valence-electron chi connectivity index (χ3n) is 3.55. The maximum Gasteiger partial charge on any atom is 0.325 e. The summed E-state index contributed by atoms with van der Waals surface area (Å²) in [5.74, 6) is -1.10. The summed E-state index contributed by atoms with van der Waals surface area (Å²) in [6.45, 7) is 8.49. The molecule has 2 N–H and O–H groups in total. The molecule has 1 unspecified atom stereocenters. The lowest BCUT2D eigenvalue weighted by Crippen LogP contribution is -2.44. The zero-order chi connectivity index (χ0) is 15.5. The van der Waals surface area contributed by atoms with Crippen LogP contribution in [0.2, 0.25) is 0 Å². The van der Waals surface area contributed by atoms with Gasteiger partial charge in [0.2, 0.25) is 0 Å². The van der Waals surface area contributed by atoms with Crippen LogP contribution in [0.25, 0.3) is 0 Å². The van der Waals surface area contributed by atoms with Gasteiger partial charge in [0.25, 0.3) is 5.91 Å². The van der Waals surface area contributed by atoms with E-state index in [-0.39, 0.29) is 30.9 Å². The predicted octanol–water partition coefficient (Wildman–Crippen LogP) is 0.502. The van der Waals surface area contributed by atoms with Crippen molar-refractivity contribution in [2.24, 2.45) is 0 Å². The fraction of sp³-hybridized carbons (Fsp3) is 0.769. The highest BCUT2D eigenvalue weighted by Gasteiger charge is 2.44. The molecule has 1 saturated heterocycles. The molecule has 3 amide bonds. The normalized spacial score (nSPS) is 19.4. The number of urea groups is 1. The lowest BCUT2D eigenvalue weighted by molar-refractivity contribution is -0.138. The monoisotopic (exact) mass is 285 g/mol.